The lowest BCUT2D eigenvalue weighted by atomic mass is 10.2. The molecule has 0 amide bonds. The summed E-state index contributed by atoms with van der Waals surface area (Å²) in [6.45, 7) is 1.70. The maximum atomic E-state index is 11.2. The fourth-order valence-corrected chi connectivity index (χ4v) is 4.08. The maximum Gasteiger partial charge on any atom is 0.162 e. The largest absolute Gasteiger partial charge is 0.493 e. The van der Waals surface area contributed by atoms with E-state index in [-0.39, 0.29) is 5.75 Å². The number of nitrogens with zero attached hydrogens (tertiary/aromatic N) is 2. The maximum absolute atomic E-state index is 11.2. The monoisotopic (exact) mass is 522 g/mol. The molecule has 0 atom stereocenters. The van der Waals surface area contributed by atoms with Crippen LogP contribution < -0.4 is 24.8 Å². The lowest BCUT2D eigenvalue weighted by molar-refractivity contribution is 0.294. The molecule has 1 heterocycles. The van der Waals surface area contributed by atoms with E-state index in [4.69, 9.17) is 14.2 Å². The molecule has 10 heteroatoms. The first-order valence-corrected chi connectivity index (χ1v) is 13.8. The molecule has 37 heavy (non-hydrogen) atoms. The van der Waals surface area contributed by atoms with Gasteiger partial charge in [0, 0.05) is 36.5 Å². The van der Waals surface area contributed by atoms with E-state index in [0.717, 1.165) is 22.4 Å². The van der Waals surface area contributed by atoms with Gasteiger partial charge in [0.05, 0.1) is 18.4 Å². The fourth-order valence-electron chi connectivity index (χ4n) is 3.56. The Morgan fingerprint density at radius 2 is 1.68 bits per heavy atom. The van der Waals surface area contributed by atoms with Crippen molar-refractivity contribution in [2.45, 2.75) is 6.61 Å². The molecule has 0 bridgehead atoms. The van der Waals surface area contributed by atoms with Gasteiger partial charge in [-0.15, -0.1) is 0 Å². The molecular weight excluding hydrogens is 492 g/mol. The minimum atomic E-state index is -3.00. The Labute approximate surface area is 216 Å². The molecule has 4 rings (SSSR count). The van der Waals surface area contributed by atoms with Gasteiger partial charge in [-0.3, -0.25) is 0 Å². The number of anilines is 2. The summed E-state index contributed by atoms with van der Waals surface area (Å²) in [4.78, 5) is 8.79. The zero-order valence-electron chi connectivity index (χ0n) is 20.8. The van der Waals surface area contributed by atoms with Crippen LogP contribution in [0.25, 0.3) is 10.9 Å². The van der Waals surface area contributed by atoms with Crippen LogP contribution in [0.15, 0.2) is 73.1 Å². The molecule has 9 nitrogen and oxygen atoms in total. The van der Waals surface area contributed by atoms with E-state index >= 15 is 0 Å². The third-order valence-electron chi connectivity index (χ3n) is 5.47. The molecule has 0 saturated carbocycles. The molecule has 194 valence electrons. The molecule has 1 aromatic heterocycles. The van der Waals surface area contributed by atoms with Crippen molar-refractivity contribution >= 4 is 32.2 Å². The minimum absolute atomic E-state index is 0.0821. The summed E-state index contributed by atoms with van der Waals surface area (Å²) in [6.07, 6.45) is 2.71. The van der Waals surface area contributed by atoms with Gasteiger partial charge in [0.1, 0.15) is 40.9 Å². The third kappa shape index (κ3) is 7.80. The van der Waals surface area contributed by atoms with E-state index in [1.165, 1.54) is 12.6 Å². The van der Waals surface area contributed by atoms with Gasteiger partial charge in [-0.1, -0.05) is 30.3 Å². The van der Waals surface area contributed by atoms with Gasteiger partial charge in [-0.05, 0) is 35.9 Å². The Hall–Kier alpha value is -3.89. The SMILES string of the molecule is COc1cc2ncnc(Nc3ccc(OCc4ccccc4)cc3)c2cc1OCCNCCS(C)(=O)=O. The highest BCUT2D eigenvalue weighted by molar-refractivity contribution is 7.90. The first kappa shape index (κ1) is 26.2. The van der Waals surface area contributed by atoms with E-state index in [1.807, 2.05) is 60.7 Å². The predicted molar refractivity (Wildman–Crippen MR) is 145 cm³/mol. The van der Waals surface area contributed by atoms with Gasteiger partial charge in [-0.2, -0.15) is 0 Å². The number of benzene rings is 3. The normalized spacial score (nSPS) is 11.3. The van der Waals surface area contributed by atoms with Crippen LogP contribution in [0.1, 0.15) is 5.56 Å². The van der Waals surface area contributed by atoms with Crippen LogP contribution >= 0.6 is 0 Å². The minimum Gasteiger partial charge on any atom is -0.493 e. The van der Waals surface area contributed by atoms with Crippen molar-refractivity contribution in [2.75, 3.05) is 44.1 Å². The van der Waals surface area contributed by atoms with E-state index in [1.54, 1.807) is 13.2 Å². The van der Waals surface area contributed by atoms with Crippen LogP contribution in [0.5, 0.6) is 17.2 Å². The van der Waals surface area contributed by atoms with Crippen molar-refractivity contribution in [3.8, 4) is 17.2 Å². The molecular formula is C27H30N4O5S. The zero-order chi connectivity index (χ0) is 26.1. The Bertz CT molecular complexity index is 1410. The standard InChI is InChI=1S/C27H30N4O5S/c1-34-25-17-24-23(16-26(25)35-14-12-28-13-15-37(2,32)33)27(30-19-29-24)31-21-8-10-22(11-9-21)36-18-20-6-4-3-5-7-20/h3-11,16-17,19,28H,12-15,18H2,1-2H3,(H,29,30,31). The van der Waals surface area contributed by atoms with Gasteiger partial charge < -0.3 is 24.8 Å². The molecule has 0 fully saturated rings. The zero-order valence-corrected chi connectivity index (χ0v) is 21.6. The molecule has 0 radical (unpaired) electrons. The van der Waals surface area contributed by atoms with Crippen LogP contribution in [0.3, 0.4) is 0 Å². The highest BCUT2D eigenvalue weighted by Gasteiger charge is 2.12. The number of ether oxygens (including phenoxy) is 3. The lowest BCUT2D eigenvalue weighted by Crippen LogP contribution is -2.26. The fraction of sp³-hybridized carbons (Fsp3) is 0.259. The van der Waals surface area contributed by atoms with E-state index < -0.39 is 9.84 Å². The lowest BCUT2D eigenvalue weighted by Gasteiger charge is -2.14. The van der Waals surface area contributed by atoms with Gasteiger partial charge in [0.2, 0.25) is 0 Å². The van der Waals surface area contributed by atoms with Crippen molar-refractivity contribution in [1.29, 1.82) is 0 Å². The second kappa shape index (κ2) is 12.4. The van der Waals surface area contributed by atoms with Crippen LogP contribution in [0.4, 0.5) is 11.5 Å². The van der Waals surface area contributed by atoms with E-state index in [9.17, 15) is 8.42 Å². The smallest absolute Gasteiger partial charge is 0.162 e. The number of sulfone groups is 1. The number of fused-ring (bicyclic) bond motifs is 1. The van der Waals surface area contributed by atoms with Crippen molar-refractivity contribution in [2.24, 2.45) is 0 Å². The number of aromatic nitrogens is 2. The average molecular weight is 523 g/mol. The van der Waals surface area contributed by atoms with Crippen molar-refractivity contribution in [3.63, 3.8) is 0 Å². The summed E-state index contributed by atoms with van der Waals surface area (Å²) in [7, 11) is -1.43. The first-order chi connectivity index (χ1) is 17.9. The molecule has 0 aliphatic rings. The molecule has 0 spiro atoms. The summed E-state index contributed by atoms with van der Waals surface area (Å²) < 4.78 is 39.8. The summed E-state index contributed by atoms with van der Waals surface area (Å²) in [5.41, 5.74) is 2.66. The first-order valence-electron chi connectivity index (χ1n) is 11.8. The quantitative estimate of drug-likeness (QED) is 0.252. The molecule has 0 aliphatic heterocycles. The van der Waals surface area contributed by atoms with E-state index in [0.29, 0.717) is 49.1 Å². The van der Waals surface area contributed by atoms with Crippen LogP contribution in [0.2, 0.25) is 0 Å². The Balaban J connectivity index is 1.42. The summed E-state index contributed by atoms with van der Waals surface area (Å²) in [5, 5.41) is 7.17. The Morgan fingerprint density at radius 1 is 0.892 bits per heavy atom. The molecule has 0 saturated heterocycles. The van der Waals surface area contributed by atoms with Crippen molar-refractivity contribution in [3.05, 3.63) is 78.6 Å². The number of hydrogen-bond acceptors (Lipinski definition) is 9. The van der Waals surface area contributed by atoms with Gasteiger partial charge in [0.25, 0.3) is 0 Å². The third-order valence-corrected chi connectivity index (χ3v) is 6.42. The highest BCUT2D eigenvalue weighted by Crippen LogP contribution is 2.34. The predicted octanol–water partition coefficient (Wildman–Crippen LogP) is 3.97. The molecule has 0 unspecified atom stereocenters. The molecule has 3 aromatic carbocycles. The molecule has 0 aliphatic carbocycles. The molecule has 2 N–H and O–H groups in total. The van der Waals surface area contributed by atoms with Crippen LogP contribution in [0, 0.1) is 0 Å². The second-order valence-electron chi connectivity index (χ2n) is 8.39. The number of hydrogen-bond donors (Lipinski definition) is 2. The Kier molecular flexibility index (Phi) is 8.76. The Morgan fingerprint density at radius 3 is 2.41 bits per heavy atom. The van der Waals surface area contributed by atoms with Crippen LogP contribution in [-0.4, -0.2) is 57.2 Å². The van der Waals surface area contributed by atoms with Gasteiger partial charge in [0.15, 0.2) is 11.5 Å². The molecule has 4 aromatic rings. The number of rotatable bonds is 13. The average Bonchev–Trinajstić information content (AvgIpc) is 2.90. The number of methoxy groups -OCH3 is 1. The summed E-state index contributed by atoms with van der Waals surface area (Å²) >= 11 is 0. The topological polar surface area (TPSA) is 112 Å². The summed E-state index contributed by atoms with van der Waals surface area (Å²) in [5.74, 6) is 2.57. The second-order valence-corrected chi connectivity index (χ2v) is 10.7. The van der Waals surface area contributed by atoms with E-state index in [2.05, 4.69) is 20.6 Å². The van der Waals surface area contributed by atoms with Crippen molar-refractivity contribution in [1.82, 2.24) is 15.3 Å². The highest BCUT2D eigenvalue weighted by atomic mass is 32.2. The summed E-state index contributed by atoms with van der Waals surface area (Å²) in [6, 6.07) is 21.3. The number of nitrogens with one attached hydrogen (secondary N) is 2. The van der Waals surface area contributed by atoms with Crippen LogP contribution in [-0.2, 0) is 16.4 Å². The van der Waals surface area contributed by atoms with Gasteiger partial charge in [-0.25, -0.2) is 18.4 Å². The van der Waals surface area contributed by atoms with Crippen molar-refractivity contribution < 1.29 is 22.6 Å². The van der Waals surface area contributed by atoms with Gasteiger partial charge >= 0.3 is 0 Å².